The molecule has 1 N–H and O–H groups in total. The highest BCUT2D eigenvalue weighted by molar-refractivity contribution is 5.69. The van der Waals surface area contributed by atoms with Gasteiger partial charge in [0.15, 0.2) is 5.89 Å². The molecule has 1 heterocycles. The summed E-state index contributed by atoms with van der Waals surface area (Å²) >= 11 is 0. The van der Waals surface area contributed by atoms with Gasteiger partial charge in [-0.25, -0.2) is 4.98 Å². The smallest absolute Gasteiger partial charge is 0.191 e. The van der Waals surface area contributed by atoms with Gasteiger partial charge < -0.3 is 9.52 Å². The average molecular weight is 245 g/mol. The Balaban J connectivity index is 2.53. The first-order valence-electron chi connectivity index (χ1n) is 6.30. The number of hydrogen-bond donors (Lipinski definition) is 1. The zero-order chi connectivity index (χ0) is 13.3. The molecule has 3 heteroatoms. The molecule has 0 saturated carbocycles. The Morgan fingerprint density at radius 2 is 2.06 bits per heavy atom. The van der Waals surface area contributed by atoms with Gasteiger partial charge in [-0.05, 0) is 37.0 Å². The van der Waals surface area contributed by atoms with Crippen molar-refractivity contribution in [2.45, 2.75) is 40.0 Å². The summed E-state index contributed by atoms with van der Waals surface area (Å²) in [7, 11) is 0. The van der Waals surface area contributed by atoms with Crippen LogP contribution in [0.5, 0.6) is 5.75 Å². The van der Waals surface area contributed by atoms with Crippen molar-refractivity contribution in [2.75, 3.05) is 0 Å². The van der Waals surface area contributed by atoms with Gasteiger partial charge in [0, 0.05) is 12.5 Å². The van der Waals surface area contributed by atoms with Crippen LogP contribution in [-0.4, -0.2) is 10.1 Å². The van der Waals surface area contributed by atoms with Crippen molar-refractivity contribution in [3.8, 4) is 17.0 Å². The van der Waals surface area contributed by atoms with Crippen LogP contribution in [0.1, 0.15) is 43.4 Å². The number of aryl methyl sites for hydroxylation is 2. The maximum atomic E-state index is 9.99. The molecule has 1 aromatic heterocycles. The number of aromatic nitrogens is 1. The van der Waals surface area contributed by atoms with Crippen molar-refractivity contribution >= 4 is 0 Å². The maximum Gasteiger partial charge on any atom is 0.191 e. The number of oxazole rings is 1. The lowest BCUT2D eigenvalue weighted by Crippen LogP contribution is -1.92. The van der Waals surface area contributed by atoms with Gasteiger partial charge in [-0.1, -0.05) is 19.9 Å². The lowest BCUT2D eigenvalue weighted by molar-refractivity contribution is 0.476. The Morgan fingerprint density at radius 1 is 1.33 bits per heavy atom. The standard InChI is InChI=1S/C15H19NO2/c1-5-9(2)12-6-7-14(17)13(8-12)15-10(3)18-11(4)16-15/h6-9,17H,5H2,1-4H3. The van der Waals surface area contributed by atoms with Crippen molar-refractivity contribution in [3.63, 3.8) is 0 Å². The van der Waals surface area contributed by atoms with E-state index in [4.69, 9.17) is 4.42 Å². The molecule has 0 radical (unpaired) electrons. The van der Waals surface area contributed by atoms with Crippen LogP contribution in [0.15, 0.2) is 22.6 Å². The van der Waals surface area contributed by atoms with Gasteiger partial charge in [-0.3, -0.25) is 0 Å². The zero-order valence-electron chi connectivity index (χ0n) is 11.3. The molecular weight excluding hydrogens is 226 g/mol. The van der Waals surface area contributed by atoms with E-state index in [2.05, 4.69) is 18.8 Å². The Kier molecular flexibility index (Phi) is 3.41. The van der Waals surface area contributed by atoms with Gasteiger partial charge >= 0.3 is 0 Å². The molecule has 0 aliphatic heterocycles. The van der Waals surface area contributed by atoms with E-state index in [9.17, 15) is 5.11 Å². The van der Waals surface area contributed by atoms with Crippen molar-refractivity contribution < 1.29 is 9.52 Å². The summed E-state index contributed by atoms with van der Waals surface area (Å²) in [6, 6.07) is 5.71. The molecule has 96 valence electrons. The van der Waals surface area contributed by atoms with Gasteiger partial charge in [0.25, 0.3) is 0 Å². The molecule has 1 atom stereocenters. The number of rotatable bonds is 3. The normalized spacial score (nSPS) is 12.7. The third-order valence-electron chi connectivity index (χ3n) is 3.36. The van der Waals surface area contributed by atoms with Gasteiger partial charge in [-0.15, -0.1) is 0 Å². The molecule has 2 rings (SSSR count). The van der Waals surface area contributed by atoms with Crippen molar-refractivity contribution in [1.82, 2.24) is 4.98 Å². The van der Waals surface area contributed by atoms with Crippen LogP contribution in [-0.2, 0) is 0 Å². The molecule has 0 fully saturated rings. The SMILES string of the molecule is CCC(C)c1ccc(O)c(-c2nc(C)oc2C)c1. The molecule has 0 spiro atoms. The molecule has 0 aliphatic rings. The van der Waals surface area contributed by atoms with Gasteiger partial charge in [0.2, 0.25) is 0 Å². The van der Waals surface area contributed by atoms with Crippen LogP contribution in [0, 0.1) is 13.8 Å². The summed E-state index contributed by atoms with van der Waals surface area (Å²) in [6.07, 6.45) is 1.07. The predicted octanol–water partition coefficient (Wildman–Crippen LogP) is 4.18. The summed E-state index contributed by atoms with van der Waals surface area (Å²) in [4.78, 5) is 4.34. The quantitative estimate of drug-likeness (QED) is 0.882. The first-order valence-corrected chi connectivity index (χ1v) is 6.30. The Bertz CT molecular complexity index is 558. The summed E-state index contributed by atoms with van der Waals surface area (Å²) in [5.41, 5.74) is 2.70. The van der Waals surface area contributed by atoms with E-state index in [0.717, 1.165) is 23.4 Å². The summed E-state index contributed by atoms with van der Waals surface area (Å²) in [5, 5.41) is 9.99. The second-order valence-corrected chi connectivity index (χ2v) is 4.72. The monoisotopic (exact) mass is 245 g/mol. The number of benzene rings is 1. The van der Waals surface area contributed by atoms with E-state index in [0.29, 0.717) is 11.8 Å². The topological polar surface area (TPSA) is 46.3 Å². The van der Waals surface area contributed by atoms with Gasteiger partial charge in [0.1, 0.15) is 17.2 Å². The highest BCUT2D eigenvalue weighted by Gasteiger charge is 2.15. The highest BCUT2D eigenvalue weighted by atomic mass is 16.4. The molecular formula is C15H19NO2. The molecule has 3 nitrogen and oxygen atoms in total. The van der Waals surface area contributed by atoms with E-state index in [1.165, 1.54) is 5.56 Å². The molecule has 1 aromatic carbocycles. The van der Waals surface area contributed by atoms with Crippen LogP contribution >= 0.6 is 0 Å². The fourth-order valence-electron chi connectivity index (χ4n) is 2.06. The van der Waals surface area contributed by atoms with Crippen LogP contribution in [0.3, 0.4) is 0 Å². The first kappa shape index (κ1) is 12.7. The van der Waals surface area contributed by atoms with Crippen LogP contribution in [0.25, 0.3) is 11.3 Å². The highest BCUT2D eigenvalue weighted by Crippen LogP contribution is 2.34. The average Bonchev–Trinajstić information content (AvgIpc) is 2.68. The number of phenolic OH excluding ortho intramolecular Hbond substituents is 1. The van der Waals surface area contributed by atoms with E-state index in [1.807, 2.05) is 26.0 Å². The summed E-state index contributed by atoms with van der Waals surface area (Å²) in [6.45, 7) is 8.01. The minimum absolute atomic E-state index is 0.249. The maximum absolute atomic E-state index is 9.99. The fourth-order valence-corrected chi connectivity index (χ4v) is 2.06. The molecule has 0 aliphatic carbocycles. The summed E-state index contributed by atoms with van der Waals surface area (Å²) < 4.78 is 5.43. The first-order chi connectivity index (χ1) is 8.52. The Morgan fingerprint density at radius 3 is 2.61 bits per heavy atom. The van der Waals surface area contributed by atoms with E-state index >= 15 is 0 Å². The van der Waals surface area contributed by atoms with Crippen LogP contribution in [0.2, 0.25) is 0 Å². The van der Waals surface area contributed by atoms with Crippen LogP contribution in [0.4, 0.5) is 0 Å². The molecule has 0 saturated heterocycles. The minimum Gasteiger partial charge on any atom is -0.507 e. The van der Waals surface area contributed by atoms with E-state index in [-0.39, 0.29) is 5.75 Å². The van der Waals surface area contributed by atoms with E-state index < -0.39 is 0 Å². The minimum atomic E-state index is 0.249. The second kappa shape index (κ2) is 4.84. The fraction of sp³-hybridized carbons (Fsp3) is 0.400. The number of phenols is 1. The number of hydrogen-bond acceptors (Lipinski definition) is 3. The molecule has 1 unspecified atom stereocenters. The molecule has 18 heavy (non-hydrogen) atoms. The van der Waals surface area contributed by atoms with Crippen LogP contribution < -0.4 is 0 Å². The molecule has 2 aromatic rings. The predicted molar refractivity (Wildman–Crippen MR) is 71.8 cm³/mol. The lowest BCUT2D eigenvalue weighted by atomic mass is 9.95. The zero-order valence-corrected chi connectivity index (χ0v) is 11.3. The van der Waals surface area contributed by atoms with E-state index in [1.54, 1.807) is 6.07 Å². The number of nitrogens with zero attached hydrogens (tertiary/aromatic N) is 1. The van der Waals surface area contributed by atoms with Crippen molar-refractivity contribution in [3.05, 3.63) is 35.4 Å². The number of aromatic hydroxyl groups is 1. The molecule has 0 bridgehead atoms. The third-order valence-corrected chi connectivity index (χ3v) is 3.36. The van der Waals surface area contributed by atoms with Gasteiger partial charge in [-0.2, -0.15) is 0 Å². The Labute approximate surface area is 107 Å². The Hall–Kier alpha value is -1.77. The lowest BCUT2D eigenvalue weighted by Gasteiger charge is -2.11. The van der Waals surface area contributed by atoms with Crippen molar-refractivity contribution in [2.24, 2.45) is 0 Å². The largest absolute Gasteiger partial charge is 0.507 e. The second-order valence-electron chi connectivity index (χ2n) is 4.72. The van der Waals surface area contributed by atoms with Gasteiger partial charge in [0.05, 0.1) is 0 Å². The molecule has 0 amide bonds. The third kappa shape index (κ3) is 2.26. The van der Waals surface area contributed by atoms with Crippen molar-refractivity contribution in [1.29, 1.82) is 0 Å². The summed E-state index contributed by atoms with van der Waals surface area (Å²) in [5.74, 6) is 2.08.